The molecule has 1 heterocycles. The molecule has 7 nitrogen and oxygen atoms in total. The zero-order valence-corrected chi connectivity index (χ0v) is 15.3. The predicted octanol–water partition coefficient (Wildman–Crippen LogP) is 3.04. The second-order valence-corrected chi connectivity index (χ2v) is 8.39. The van der Waals surface area contributed by atoms with Gasteiger partial charge in [0.1, 0.15) is 5.82 Å². The zero-order chi connectivity index (χ0) is 18.8. The molecule has 25 heavy (non-hydrogen) atoms. The molecule has 134 valence electrons. The van der Waals surface area contributed by atoms with Crippen LogP contribution in [0.4, 0.5) is 10.6 Å². The average Bonchev–Trinajstić information content (AvgIpc) is 2.53. The van der Waals surface area contributed by atoms with E-state index >= 15 is 0 Å². The van der Waals surface area contributed by atoms with Crippen molar-refractivity contribution in [3.63, 3.8) is 0 Å². The van der Waals surface area contributed by atoms with Gasteiger partial charge in [0.15, 0.2) is 0 Å². The summed E-state index contributed by atoms with van der Waals surface area (Å²) >= 11 is 0. The maximum atomic E-state index is 11.8. The average molecular weight is 363 g/mol. The third-order valence-electron chi connectivity index (χ3n) is 3.66. The zero-order valence-electron chi connectivity index (χ0n) is 14.5. The number of nitrogens with zero attached hydrogens (tertiary/aromatic N) is 1. The van der Waals surface area contributed by atoms with Gasteiger partial charge in [0.05, 0.1) is 10.6 Å². The molecule has 0 saturated heterocycles. The number of rotatable bonds is 4. The Morgan fingerprint density at radius 1 is 1.08 bits per heavy atom. The number of amides is 1. The number of hydrogen-bond acceptors (Lipinski definition) is 4. The molecule has 0 fully saturated rings. The summed E-state index contributed by atoms with van der Waals surface area (Å²) < 4.78 is 25.8. The van der Waals surface area contributed by atoms with Gasteiger partial charge in [-0.2, -0.15) is 0 Å². The third kappa shape index (κ3) is 4.34. The van der Waals surface area contributed by atoms with Gasteiger partial charge in [-0.1, -0.05) is 39.0 Å². The van der Waals surface area contributed by atoms with Gasteiger partial charge in [-0.15, -0.1) is 0 Å². The van der Waals surface area contributed by atoms with Crippen LogP contribution >= 0.6 is 0 Å². The van der Waals surface area contributed by atoms with Gasteiger partial charge in [-0.3, -0.25) is 5.32 Å². The predicted molar refractivity (Wildman–Crippen MR) is 96.3 cm³/mol. The molecule has 0 saturated carbocycles. The molecule has 0 aliphatic rings. The highest BCUT2D eigenvalue weighted by Gasteiger charge is 2.21. The highest BCUT2D eigenvalue weighted by molar-refractivity contribution is 7.89. The summed E-state index contributed by atoms with van der Waals surface area (Å²) in [6.07, 6.45) is -1.19. The largest absolute Gasteiger partial charge is 0.465 e. The van der Waals surface area contributed by atoms with Crippen LogP contribution in [0, 0.1) is 0 Å². The molecular formula is C17H21N3O4S. The molecule has 0 unspecified atom stereocenters. The molecule has 8 heteroatoms. The lowest BCUT2D eigenvalue weighted by atomic mass is 9.87. The number of hydrogen-bond donors (Lipinski definition) is 3. The molecule has 1 aromatic carbocycles. The van der Waals surface area contributed by atoms with Crippen LogP contribution in [-0.4, -0.2) is 31.6 Å². The van der Waals surface area contributed by atoms with Gasteiger partial charge in [-0.25, -0.2) is 22.9 Å². The molecule has 0 aliphatic carbocycles. The summed E-state index contributed by atoms with van der Waals surface area (Å²) in [6, 6.07) is 9.83. The van der Waals surface area contributed by atoms with Crippen LogP contribution in [0.1, 0.15) is 26.3 Å². The molecule has 0 atom stereocenters. The molecule has 1 amide bonds. The Labute approximate surface area is 147 Å². The van der Waals surface area contributed by atoms with Crippen molar-refractivity contribution < 1.29 is 18.3 Å². The summed E-state index contributed by atoms with van der Waals surface area (Å²) in [5.41, 5.74) is 1.72. The minimum absolute atomic E-state index is 0.147. The van der Waals surface area contributed by atoms with Crippen LogP contribution < -0.4 is 10.0 Å². The lowest BCUT2D eigenvalue weighted by molar-refractivity contribution is 0.209. The van der Waals surface area contributed by atoms with E-state index in [4.69, 9.17) is 5.11 Å². The van der Waals surface area contributed by atoms with Crippen molar-refractivity contribution >= 4 is 21.9 Å². The normalized spacial score (nSPS) is 12.0. The SMILES string of the molecule is CNS(=O)(=O)c1ccc(-c2ccc(C(C)(C)C)c(NC(=O)O)n2)cc1. The Hall–Kier alpha value is -2.45. The molecule has 0 bridgehead atoms. The summed E-state index contributed by atoms with van der Waals surface area (Å²) in [4.78, 5) is 15.6. The lowest BCUT2D eigenvalue weighted by Crippen LogP contribution is -2.19. The fourth-order valence-corrected chi connectivity index (χ4v) is 3.07. The van der Waals surface area contributed by atoms with E-state index in [9.17, 15) is 13.2 Å². The van der Waals surface area contributed by atoms with Crippen LogP contribution in [0.5, 0.6) is 0 Å². The molecule has 2 aromatic rings. The minimum Gasteiger partial charge on any atom is -0.465 e. The molecule has 0 spiro atoms. The molecule has 2 rings (SSSR count). The van der Waals surface area contributed by atoms with Gasteiger partial charge in [0.2, 0.25) is 10.0 Å². The van der Waals surface area contributed by atoms with E-state index < -0.39 is 16.1 Å². The Balaban J connectivity index is 2.48. The fourth-order valence-electron chi connectivity index (χ4n) is 2.34. The molecule has 1 aromatic heterocycles. The standard InChI is InChI=1S/C17H21N3O4S/c1-17(2,3)13-9-10-14(19-15(13)20-16(21)22)11-5-7-12(8-6-11)25(23,24)18-4/h5-10,18H,1-4H3,(H,19,20)(H,21,22). The first-order valence-corrected chi connectivity index (χ1v) is 9.08. The maximum Gasteiger partial charge on any atom is 0.410 e. The van der Waals surface area contributed by atoms with Crippen molar-refractivity contribution in [1.82, 2.24) is 9.71 Å². The second kappa shape index (κ2) is 6.81. The minimum atomic E-state index is -3.51. The summed E-state index contributed by atoms with van der Waals surface area (Å²) in [5.74, 6) is 0.268. The Morgan fingerprint density at radius 2 is 1.68 bits per heavy atom. The van der Waals surface area contributed by atoms with Crippen LogP contribution in [-0.2, 0) is 15.4 Å². The summed E-state index contributed by atoms with van der Waals surface area (Å²) in [7, 11) is -2.16. The van der Waals surface area contributed by atoms with Crippen molar-refractivity contribution in [1.29, 1.82) is 0 Å². The molecular weight excluding hydrogens is 342 g/mol. The smallest absolute Gasteiger partial charge is 0.410 e. The van der Waals surface area contributed by atoms with Crippen molar-refractivity contribution in [3.05, 3.63) is 42.0 Å². The Morgan fingerprint density at radius 3 is 2.16 bits per heavy atom. The quantitative estimate of drug-likeness (QED) is 0.774. The highest BCUT2D eigenvalue weighted by atomic mass is 32.2. The van der Waals surface area contributed by atoms with Gasteiger partial charge >= 0.3 is 6.09 Å². The second-order valence-electron chi connectivity index (χ2n) is 6.50. The summed E-state index contributed by atoms with van der Waals surface area (Å²) in [5, 5.41) is 11.4. The van der Waals surface area contributed by atoms with Gasteiger partial charge in [0.25, 0.3) is 0 Å². The van der Waals surface area contributed by atoms with E-state index in [1.807, 2.05) is 26.8 Å². The highest BCUT2D eigenvalue weighted by Crippen LogP contribution is 2.31. The van der Waals surface area contributed by atoms with E-state index in [1.165, 1.54) is 19.2 Å². The van der Waals surface area contributed by atoms with Gasteiger partial charge < -0.3 is 5.11 Å². The number of nitrogens with one attached hydrogen (secondary N) is 2. The number of benzene rings is 1. The first kappa shape index (κ1) is 18.9. The molecule has 0 radical (unpaired) electrons. The number of carboxylic acid groups (broad SMARTS) is 1. The molecule has 0 aliphatic heterocycles. The topological polar surface area (TPSA) is 108 Å². The van der Waals surface area contributed by atoms with Gasteiger partial charge in [-0.05, 0) is 30.7 Å². The van der Waals surface area contributed by atoms with E-state index in [-0.39, 0.29) is 16.1 Å². The van der Waals surface area contributed by atoms with Crippen molar-refractivity contribution in [3.8, 4) is 11.3 Å². The number of aromatic nitrogens is 1. The Kier molecular flexibility index (Phi) is 5.15. The first-order valence-electron chi connectivity index (χ1n) is 7.60. The fraction of sp³-hybridized carbons (Fsp3) is 0.294. The van der Waals surface area contributed by atoms with E-state index in [1.54, 1.807) is 18.2 Å². The Bertz CT molecular complexity index is 885. The van der Waals surface area contributed by atoms with Crippen LogP contribution in [0.2, 0.25) is 0 Å². The van der Waals surface area contributed by atoms with Crippen molar-refractivity contribution in [2.45, 2.75) is 31.1 Å². The number of pyridine rings is 1. The molecule has 3 N–H and O–H groups in total. The van der Waals surface area contributed by atoms with E-state index in [0.29, 0.717) is 11.3 Å². The monoisotopic (exact) mass is 363 g/mol. The number of sulfonamides is 1. The number of carbonyl (C=O) groups is 1. The van der Waals surface area contributed by atoms with Crippen LogP contribution in [0.25, 0.3) is 11.3 Å². The van der Waals surface area contributed by atoms with Crippen LogP contribution in [0.3, 0.4) is 0 Å². The lowest BCUT2D eigenvalue weighted by Gasteiger charge is -2.22. The van der Waals surface area contributed by atoms with Crippen LogP contribution in [0.15, 0.2) is 41.3 Å². The van der Waals surface area contributed by atoms with Gasteiger partial charge in [0, 0.05) is 11.1 Å². The van der Waals surface area contributed by atoms with E-state index in [2.05, 4.69) is 15.0 Å². The van der Waals surface area contributed by atoms with E-state index in [0.717, 1.165) is 5.56 Å². The van der Waals surface area contributed by atoms with Crippen molar-refractivity contribution in [2.75, 3.05) is 12.4 Å². The number of anilines is 1. The van der Waals surface area contributed by atoms with Crippen molar-refractivity contribution in [2.24, 2.45) is 0 Å². The summed E-state index contributed by atoms with van der Waals surface area (Å²) in [6.45, 7) is 5.90. The maximum absolute atomic E-state index is 11.8. The first-order chi connectivity index (χ1) is 11.5. The third-order valence-corrected chi connectivity index (χ3v) is 5.09.